The monoisotopic (exact) mass is 539 g/mol. The summed E-state index contributed by atoms with van der Waals surface area (Å²) >= 11 is 12.5. The molecule has 1 aliphatic heterocycles. The minimum absolute atomic E-state index is 0.0493. The van der Waals surface area contributed by atoms with Crippen LogP contribution >= 0.6 is 23.2 Å². The zero-order chi connectivity index (χ0) is 26.7. The number of carbonyl (C=O) groups excluding carboxylic acids is 3. The predicted octanol–water partition coefficient (Wildman–Crippen LogP) is 6.22. The number of carbonyl (C=O) groups is 3. The van der Waals surface area contributed by atoms with Gasteiger partial charge in [-0.3, -0.25) is 14.4 Å². The van der Waals surface area contributed by atoms with Crippen LogP contribution in [0.2, 0.25) is 10.0 Å². The first-order valence-electron chi connectivity index (χ1n) is 12.6. The van der Waals surface area contributed by atoms with Crippen molar-refractivity contribution in [1.82, 2.24) is 10.2 Å². The van der Waals surface area contributed by atoms with E-state index in [1.807, 2.05) is 57.2 Å². The molecular weight excluding hydrogens is 509 g/mol. The van der Waals surface area contributed by atoms with Gasteiger partial charge in [-0.05, 0) is 61.9 Å². The largest absolute Gasteiger partial charge is 0.352 e. The van der Waals surface area contributed by atoms with Crippen molar-refractivity contribution in [2.24, 2.45) is 0 Å². The summed E-state index contributed by atoms with van der Waals surface area (Å²) in [5.74, 6) is -0.418. The molecule has 0 saturated heterocycles. The van der Waals surface area contributed by atoms with E-state index in [1.54, 1.807) is 28.0 Å². The van der Waals surface area contributed by atoms with Crippen LogP contribution in [0.15, 0.2) is 54.6 Å². The van der Waals surface area contributed by atoms with Gasteiger partial charge in [0.15, 0.2) is 0 Å². The number of anilines is 1. The summed E-state index contributed by atoms with van der Waals surface area (Å²) in [6.45, 7) is 6.25. The van der Waals surface area contributed by atoms with Gasteiger partial charge in [-0.15, -0.1) is 0 Å². The second kappa shape index (κ2) is 11.5. The summed E-state index contributed by atoms with van der Waals surface area (Å²) in [4.78, 5) is 43.0. The van der Waals surface area contributed by atoms with E-state index in [9.17, 15) is 14.4 Å². The number of hydrogen-bond donors (Lipinski definition) is 1. The Balaban J connectivity index is 1.51. The molecule has 4 rings (SSSR count). The Kier molecular flexibility index (Phi) is 8.40. The maximum absolute atomic E-state index is 13.6. The SMILES string of the molecule is CC[C@@H](C(=O)NC(C)C)N(Cc1ccc(Cl)cc1Cl)C(=O)CCCN1C(=O)c2cccc3cccc1c23. The van der Waals surface area contributed by atoms with Crippen molar-refractivity contribution >= 4 is 57.4 Å². The van der Waals surface area contributed by atoms with E-state index >= 15 is 0 Å². The van der Waals surface area contributed by atoms with Gasteiger partial charge in [-0.25, -0.2) is 0 Å². The molecule has 8 heteroatoms. The van der Waals surface area contributed by atoms with Gasteiger partial charge in [0.1, 0.15) is 6.04 Å². The number of amides is 3. The normalized spacial score (nSPS) is 13.4. The van der Waals surface area contributed by atoms with E-state index in [0.717, 1.165) is 16.5 Å². The van der Waals surface area contributed by atoms with Gasteiger partial charge in [-0.1, -0.05) is 60.5 Å². The van der Waals surface area contributed by atoms with Crippen LogP contribution in [0.25, 0.3) is 10.8 Å². The zero-order valence-electron chi connectivity index (χ0n) is 21.3. The molecule has 0 aromatic heterocycles. The van der Waals surface area contributed by atoms with E-state index < -0.39 is 6.04 Å². The fourth-order valence-corrected chi connectivity index (χ4v) is 5.34. The molecule has 0 aliphatic carbocycles. The van der Waals surface area contributed by atoms with Gasteiger partial charge in [0.2, 0.25) is 11.8 Å². The Morgan fingerprint density at radius 2 is 1.78 bits per heavy atom. The summed E-state index contributed by atoms with van der Waals surface area (Å²) in [6, 6.07) is 16.0. The van der Waals surface area contributed by atoms with Gasteiger partial charge in [0.25, 0.3) is 5.91 Å². The van der Waals surface area contributed by atoms with Crippen LogP contribution < -0.4 is 10.2 Å². The molecule has 0 saturated carbocycles. The predicted molar refractivity (Wildman–Crippen MR) is 149 cm³/mol. The van der Waals surface area contributed by atoms with Crippen LogP contribution in [0.1, 0.15) is 56.0 Å². The third-order valence-corrected chi connectivity index (χ3v) is 7.18. The molecule has 1 atom stereocenters. The molecule has 6 nitrogen and oxygen atoms in total. The van der Waals surface area contributed by atoms with Gasteiger partial charge in [0.05, 0.1) is 5.69 Å². The van der Waals surface area contributed by atoms with E-state index in [0.29, 0.717) is 40.6 Å². The van der Waals surface area contributed by atoms with E-state index in [4.69, 9.17) is 23.2 Å². The number of halogens is 2. The van der Waals surface area contributed by atoms with Gasteiger partial charge in [-0.2, -0.15) is 0 Å². The molecule has 37 heavy (non-hydrogen) atoms. The first-order chi connectivity index (χ1) is 17.7. The maximum atomic E-state index is 13.6. The summed E-state index contributed by atoms with van der Waals surface area (Å²) in [7, 11) is 0. The number of hydrogen-bond acceptors (Lipinski definition) is 3. The average Bonchev–Trinajstić information content (AvgIpc) is 3.12. The Hall–Kier alpha value is -3.09. The van der Waals surface area contributed by atoms with Crippen LogP contribution in [0.3, 0.4) is 0 Å². The number of nitrogens with zero attached hydrogens (tertiary/aromatic N) is 2. The minimum Gasteiger partial charge on any atom is -0.352 e. The van der Waals surface area contributed by atoms with Crippen LogP contribution in [0.5, 0.6) is 0 Å². The molecular formula is C29H31Cl2N3O3. The third-order valence-electron chi connectivity index (χ3n) is 6.59. The molecule has 3 aromatic rings. The first kappa shape index (κ1) is 27.0. The highest BCUT2D eigenvalue weighted by atomic mass is 35.5. The lowest BCUT2D eigenvalue weighted by Gasteiger charge is -2.31. The molecule has 1 N–H and O–H groups in total. The topological polar surface area (TPSA) is 69.7 Å². The molecule has 0 radical (unpaired) electrons. The Labute approximate surface area is 227 Å². The summed E-state index contributed by atoms with van der Waals surface area (Å²) in [5.41, 5.74) is 2.28. The van der Waals surface area contributed by atoms with E-state index in [1.165, 1.54) is 0 Å². The molecule has 0 spiro atoms. The lowest BCUT2D eigenvalue weighted by molar-refractivity contribution is -0.141. The van der Waals surface area contributed by atoms with Crippen LogP contribution in [-0.4, -0.2) is 41.2 Å². The molecule has 0 unspecified atom stereocenters. The number of nitrogens with one attached hydrogen (secondary N) is 1. The van der Waals surface area contributed by atoms with Crippen molar-refractivity contribution in [3.63, 3.8) is 0 Å². The average molecular weight is 540 g/mol. The van der Waals surface area contributed by atoms with Crippen molar-refractivity contribution in [1.29, 1.82) is 0 Å². The van der Waals surface area contributed by atoms with Gasteiger partial charge in [0, 0.05) is 46.5 Å². The molecule has 0 fully saturated rings. The van der Waals surface area contributed by atoms with Crippen molar-refractivity contribution < 1.29 is 14.4 Å². The Morgan fingerprint density at radius 1 is 1.05 bits per heavy atom. The minimum atomic E-state index is -0.645. The molecule has 1 aliphatic rings. The Bertz CT molecular complexity index is 1340. The highest BCUT2D eigenvalue weighted by Gasteiger charge is 2.31. The van der Waals surface area contributed by atoms with Gasteiger partial charge >= 0.3 is 0 Å². The van der Waals surface area contributed by atoms with Crippen molar-refractivity contribution in [3.05, 3.63) is 75.8 Å². The molecule has 3 aromatic carbocycles. The van der Waals surface area contributed by atoms with Crippen molar-refractivity contribution in [3.8, 4) is 0 Å². The van der Waals surface area contributed by atoms with E-state index in [2.05, 4.69) is 5.32 Å². The van der Waals surface area contributed by atoms with Crippen LogP contribution in [-0.2, 0) is 16.1 Å². The highest BCUT2D eigenvalue weighted by Crippen LogP contribution is 2.37. The van der Waals surface area contributed by atoms with Crippen molar-refractivity contribution in [2.75, 3.05) is 11.4 Å². The number of benzene rings is 3. The fraction of sp³-hybridized carbons (Fsp3) is 0.345. The summed E-state index contributed by atoms with van der Waals surface area (Å²) in [6.07, 6.45) is 1.10. The van der Waals surface area contributed by atoms with Gasteiger partial charge < -0.3 is 15.1 Å². The molecule has 194 valence electrons. The Morgan fingerprint density at radius 3 is 2.46 bits per heavy atom. The highest BCUT2D eigenvalue weighted by molar-refractivity contribution is 6.35. The second-order valence-corrected chi connectivity index (χ2v) is 10.4. The smallest absolute Gasteiger partial charge is 0.258 e. The van der Waals surface area contributed by atoms with Crippen LogP contribution in [0, 0.1) is 0 Å². The first-order valence-corrected chi connectivity index (χ1v) is 13.3. The van der Waals surface area contributed by atoms with E-state index in [-0.39, 0.29) is 36.7 Å². The molecule has 3 amide bonds. The van der Waals surface area contributed by atoms with Crippen LogP contribution in [0.4, 0.5) is 5.69 Å². The molecule has 0 bridgehead atoms. The summed E-state index contributed by atoms with van der Waals surface area (Å²) < 4.78 is 0. The standard InChI is InChI=1S/C29H31Cl2N3O3/c1-4-24(28(36)32-18(2)3)34(17-20-13-14-21(30)16-23(20)31)26(35)12-7-15-33-25-11-6-9-19-8-5-10-22(27(19)25)29(33)37/h5-6,8-11,13-14,16,18,24H,4,7,12,15,17H2,1-3H3,(H,32,36)/t24-/m0/s1. The number of rotatable bonds is 10. The lowest BCUT2D eigenvalue weighted by Crippen LogP contribution is -2.50. The fourth-order valence-electron chi connectivity index (χ4n) is 4.87. The lowest BCUT2D eigenvalue weighted by atomic mass is 10.1. The second-order valence-electron chi connectivity index (χ2n) is 9.59. The summed E-state index contributed by atoms with van der Waals surface area (Å²) in [5, 5.41) is 5.85. The quantitative estimate of drug-likeness (QED) is 0.332. The maximum Gasteiger partial charge on any atom is 0.258 e. The zero-order valence-corrected chi connectivity index (χ0v) is 22.8. The van der Waals surface area contributed by atoms with Crippen molar-refractivity contribution in [2.45, 2.75) is 58.7 Å². The molecule has 1 heterocycles. The third kappa shape index (κ3) is 5.76.